The lowest BCUT2D eigenvalue weighted by Gasteiger charge is -2.27. The van der Waals surface area contributed by atoms with Crippen molar-refractivity contribution >= 4 is 0 Å². The van der Waals surface area contributed by atoms with Gasteiger partial charge in [0, 0.05) is 13.2 Å². The molecule has 54 valence electrons. The lowest BCUT2D eigenvalue weighted by atomic mass is 9.90. The van der Waals surface area contributed by atoms with Crippen LogP contribution < -0.4 is 5.73 Å². The zero-order valence-electron chi connectivity index (χ0n) is 5.97. The summed E-state index contributed by atoms with van der Waals surface area (Å²) in [6, 6.07) is 0. The fourth-order valence-corrected chi connectivity index (χ4v) is 1.27. The van der Waals surface area contributed by atoms with Crippen LogP contribution in [0, 0.1) is 11.8 Å². The van der Waals surface area contributed by atoms with E-state index in [0.717, 1.165) is 26.2 Å². The fourth-order valence-electron chi connectivity index (χ4n) is 1.27. The van der Waals surface area contributed by atoms with Gasteiger partial charge in [-0.2, -0.15) is 0 Å². The van der Waals surface area contributed by atoms with E-state index in [1.54, 1.807) is 0 Å². The number of hydrogen-bond acceptors (Lipinski definition) is 2. The van der Waals surface area contributed by atoms with E-state index in [2.05, 4.69) is 6.92 Å². The third kappa shape index (κ3) is 1.66. The van der Waals surface area contributed by atoms with Gasteiger partial charge >= 0.3 is 0 Å². The van der Waals surface area contributed by atoms with Gasteiger partial charge in [-0.15, -0.1) is 0 Å². The molecule has 9 heavy (non-hydrogen) atoms. The van der Waals surface area contributed by atoms with Crippen LogP contribution >= 0.6 is 0 Å². The molecule has 0 unspecified atom stereocenters. The van der Waals surface area contributed by atoms with Crippen LogP contribution in [-0.2, 0) is 4.74 Å². The largest absolute Gasteiger partial charge is 0.381 e. The van der Waals surface area contributed by atoms with Crippen LogP contribution in [0.15, 0.2) is 0 Å². The normalized spacial score (nSPS) is 36.7. The molecule has 1 aliphatic rings. The molecule has 0 spiro atoms. The highest BCUT2D eigenvalue weighted by atomic mass is 16.5. The molecule has 2 N–H and O–H groups in total. The second-order valence-corrected chi connectivity index (χ2v) is 2.84. The molecular formula is C7H15NO. The molecule has 1 fully saturated rings. The first-order valence-electron chi connectivity index (χ1n) is 3.62. The van der Waals surface area contributed by atoms with E-state index in [4.69, 9.17) is 10.5 Å². The first kappa shape index (κ1) is 7.03. The zero-order valence-corrected chi connectivity index (χ0v) is 5.97. The molecule has 1 aliphatic heterocycles. The summed E-state index contributed by atoms with van der Waals surface area (Å²) < 4.78 is 5.26. The predicted octanol–water partition coefficient (Wildman–Crippen LogP) is 0.618. The Balaban J connectivity index is 2.30. The summed E-state index contributed by atoms with van der Waals surface area (Å²) in [7, 11) is 0. The number of nitrogens with two attached hydrogens (primary N) is 1. The van der Waals surface area contributed by atoms with Gasteiger partial charge in [-0.25, -0.2) is 0 Å². The highest BCUT2D eigenvalue weighted by molar-refractivity contribution is 4.70. The Morgan fingerprint density at radius 3 is 2.89 bits per heavy atom. The maximum absolute atomic E-state index is 5.54. The van der Waals surface area contributed by atoms with E-state index < -0.39 is 0 Å². The van der Waals surface area contributed by atoms with E-state index in [0.29, 0.717) is 11.8 Å². The van der Waals surface area contributed by atoms with Gasteiger partial charge in [-0.05, 0) is 24.8 Å². The van der Waals surface area contributed by atoms with Crippen molar-refractivity contribution in [2.45, 2.75) is 13.3 Å². The van der Waals surface area contributed by atoms with Crippen LogP contribution in [0.4, 0.5) is 0 Å². The molecule has 2 nitrogen and oxygen atoms in total. The highest BCUT2D eigenvalue weighted by Crippen LogP contribution is 2.19. The molecule has 1 saturated heterocycles. The minimum Gasteiger partial charge on any atom is -0.381 e. The summed E-state index contributed by atoms with van der Waals surface area (Å²) in [4.78, 5) is 0. The molecule has 1 rings (SSSR count). The van der Waals surface area contributed by atoms with Crippen molar-refractivity contribution in [3.05, 3.63) is 0 Å². The van der Waals surface area contributed by atoms with E-state index in [-0.39, 0.29) is 0 Å². The van der Waals surface area contributed by atoms with Crippen molar-refractivity contribution in [3.8, 4) is 0 Å². The monoisotopic (exact) mass is 129 g/mol. The number of hydrogen-bond donors (Lipinski definition) is 1. The highest BCUT2D eigenvalue weighted by Gasteiger charge is 2.19. The molecule has 0 aliphatic carbocycles. The Kier molecular flexibility index (Phi) is 2.49. The van der Waals surface area contributed by atoms with Crippen LogP contribution in [0.1, 0.15) is 13.3 Å². The molecular weight excluding hydrogens is 114 g/mol. The summed E-state index contributed by atoms with van der Waals surface area (Å²) in [5.74, 6) is 1.38. The van der Waals surface area contributed by atoms with Crippen molar-refractivity contribution in [1.29, 1.82) is 0 Å². The summed E-state index contributed by atoms with van der Waals surface area (Å²) in [6.45, 7) is 4.84. The Morgan fingerprint density at radius 2 is 2.44 bits per heavy atom. The molecule has 0 saturated carbocycles. The van der Waals surface area contributed by atoms with Gasteiger partial charge < -0.3 is 10.5 Å². The first-order valence-corrected chi connectivity index (χ1v) is 3.62. The molecule has 0 amide bonds. The van der Waals surface area contributed by atoms with Gasteiger partial charge in [-0.1, -0.05) is 6.92 Å². The van der Waals surface area contributed by atoms with E-state index in [1.165, 1.54) is 0 Å². The van der Waals surface area contributed by atoms with Crippen LogP contribution in [0.2, 0.25) is 0 Å². The Morgan fingerprint density at radius 1 is 1.67 bits per heavy atom. The molecule has 2 heteroatoms. The standard InChI is InChI=1S/C7H15NO/c1-6-5-9-3-2-7(6)4-8/h6-7H,2-5,8H2,1H3/t6-,7-/m0/s1. The molecule has 0 aromatic rings. The Bertz CT molecular complexity index is 85.0. The third-order valence-electron chi connectivity index (χ3n) is 2.12. The second-order valence-electron chi connectivity index (χ2n) is 2.84. The lowest BCUT2D eigenvalue weighted by molar-refractivity contribution is 0.0272. The van der Waals surface area contributed by atoms with Gasteiger partial charge in [0.2, 0.25) is 0 Å². The quantitative estimate of drug-likeness (QED) is 0.563. The van der Waals surface area contributed by atoms with Gasteiger partial charge in [-0.3, -0.25) is 0 Å². The summed E-state index contributed by atoms with van der Waals surface area (Å²) in [5.41, 5.74) is 5.54. The van der Waals surface area contributed by atoms with Crippen molar-refractivity contribution < 1.29 is 4.74 Å². The minimum absolute atomic E-state index is 0.670. The molecule has 1 heterocycles. The molecule has 0 radical (unpaired) electrons. The van der Waals surface area contributed by atoms with Crippen LogP contribution in [-0.4, -0.2) is 19.8 Å². The fraction of sp³-hybridized carbons (Fsp3) is 1.00. The Hall–Kier alpha value is -0.0800. The van der Waals surface area contributed by atoms with Gasteiger partial charge in [0.1, 0.15) is 0 Å². The van der Waals surface area contributed by atoms with Gasteiger partial charge in [0.25, 0.3) is 0 Å². The average Bonchev–Trinajstić information content (AvgIpc) is 1.89. The summed E-state index contributed by atoms with van der Waals surface area (Å²) >= 11 is 0. The molecule has 0 bridgehead atoms. The molecule has 0 aromatic heterocycles. The minimum atomic E-state index is 0.670. The third-order valence-corrected chi connectivity index (χ3v) is 2.12. The first-order chi connectivity index (χ1) is 4.34. The summed E-state index contributed by atoms with van der Waals surface area (Å²) in [5, 5.41) is 0. The SMILES string of the molecule is C[C@H]1COCC[C@H]1CN. The van der Waals surface area contributed by atoms with Crippen LogP contribution in [0.5, 0.6) is 0 Å². The maximum Gasteiger partial charge on any atom is 0.0494 e. The number of ether oxygens (including phenoxy) is 1. The second kappa shape index (κ2) is 3.18. The average molecular weight is 129 g/mol. The smallest absolute Gasteiger partial charge is 0.0494 e. The van der Waals surface area contributed by atoms with E-state index >= 15 is 0 Å². The molecule has 2 atom stereocenters. The molecule has 0 aromatic carbocycles. The van der Waals surface area contributed by atoms with Crippen molar-refractivity contribution in [1.82, 2.24) is 0 Å². The summed E-state index contributed by atoms with van der Waals surface area (Å²) in [6.07, 6.45) is 1.15. The topological polar surface area (TPSA) is 35.2 Å². The van der Waals surface area contributed by atoms with Crippen LogP contribution in [0.3, 0.4) is 0 Å². The number of rotatable bonds is 1. The van der Waals surface area contributed by atoms with Crippen LogP contribution in [0.25, 0.3) is 0 Å². The lowest BCUT2D eigenvalue weighted by Crippen LogP contribution is -2.30. The van der Waals surface area contributed by atoms with Crippen molar-refractivity contribution in [2.75, 3.05) is 19.8 Å². The zero-order chi connectivity index (χ0) is 6.69. The van der Waals surface area contributed by atoms with E-state index in [9.17, 15) is 0 Å². The van der Waals surface area contributed by atoms with Crippen molar-refractivity contribution in [2.24, 2.45) is 17.6 Å². The van der Waals surface area contributed by atoms with Crippen molar-refractivity contribution in [3.63, 3.8) is 0 Å². The van der Waals surface area contributed by atoms with E-state index in [1.807, 2.05) is 0 Å². The maximum atomic E-state index is 5.54. The van der Waals surface area contributed by atoms with Gasteiger partial charge in [0.05, 0.1) is 0 Å². The predicted molar refractivity (Wildman–Crippen MR) is 37.1 cm³/mol. The Labute approximate surface area is 56.4 Å². The van der Waals surface area contributed by atoms with Gasteiger partial charge in [0.15, 0.2) is 0 Å².